The number of phosphoric acid groups is 2. The molecule has 16 heteroatoms. The van der Waals surface area contributed by atoms with Gasteiger partial charge in [0, 0.05) is 12.8 Å². The molecule has 4 N–H and O–H groups in total. The van der Waals surface area contributed by atoms with E-state index in [1.54, 1.807) is 0 Å². The highest BCUT2D eigenvalue weighted by Gasteiger charge is 2.36. The SMILES string of the molecule is CCCCC/C=C\CC1OC1CCCCCCCC(=O)O[C@H](COC(=O)CCCCCCCCC/C=C\CCCCCC)COP(=O)(O)OC[C@@H](O)COP(=O)(O)O. The van der Waals surface area contributed by atoms with E-state index in [2.05, 4.69) is 47.2 Å². The number of allylic oxidation sites excluding steroid dienone is 3. The molecule has 14 nitrogen and oxygen atoms in total. The fraction of sp³-hybridized carbons (Fsp3) is 0.857. The molecule has 0 amide bonds. The summed E-state index contributed by atoms with van der Waals surface area (Å²) in [5, 5.41) is 9.75. The van der Waals surface area contributed by atoms with Crippen LogP contribution in [-0.2, 0) is 46.5 Å². The van der Waals surface area contributed by atoms with Gasteiger partial charge in [-0.2, -0.15) is 0 Å². The van der Waals surface area contributed by atoms with Crippen LogP contribution in [0, 0.1) is 0 Å². The van der Waals surface area contributed by atoms with Crippen LogP contribution in [0.1, 0.15) is 181 Å². The van der Waals surface area contributed by atoms with E-state index in [0.717, 1.165) is 77.0 Å². The lowest BCUT2D eigenvalue weighted by Gasteiger charge is -2.20. The van der Waals surface area contributed by atoms with E-state index in [9.17, 15) is 28.7 Å². The van der Waals surface area contributed by atoms with Gasteiger partial charge in [-0.25, -0.2) is 9.13 Å². The van der Waals surface area contributed by atoms with Crippen LogP contribution in [0.5, 0.6) is 0 Å². The smallest absolute Gasteiger partial charge is 0.462 e. The lowest BCUT2D eigenvalue weighted by molar-refractivity contribution is -0.161. The Morgan fingerprint density at radius 1 is 0.586 bits per heavy atom. The molecule has 1 saturated heterocycles. The molecule has 1 aliphatic rings. The zero-order valence-electron chi connectivity index (χ0n) is 35.6. The number of rotatable bonds is 41. The van der Waals surface area contributed by atoms with Crippen LogP contribution >= 0.6 is 15.6 Å². The molecule has 58 heavy (non-hydrogen) atoms. The van der Waals surface area contributed by atoms with Crippen molar-refractivity contribution in [3.8, 4) is 0 Å². The zero-order valence-corrected chi connectivity index (χ0v) is 37.4. The van der Waals surface area contributed by atoms with Gasteiger partial charge in [0.2, 0.25) is 0 Å². The number of hydrogen-bond acceptors (Lipinski definition) is 11. The molecule has 1 rings (SSSR count). The molecule has 0 aliphatic carbocycles. The third-order valence-electron chi connectivity index (χ3n) is 9.73. The number of ether oxygens (including phenoxy) is 3. The van der Waals surface area contributed by atoms with Crippen LogP contribution in [-0.4, -0.2) is 82.6 Å². The minimum Gasteiger partial charge on any atom is -0.462 e. The van der Waals surface area contributed by atoms with E-state index in [1.165, 1.54) is 64.2 Å². The van der Waals surface area contributed by atoms with Gasteiger partial charge in [0.05, 0.1) is 32.0 Å². The molecule has 0 saturated carbocycles. The Hall–Kier alpha value is -1.44. The summed E-state index contributed by atoms with van der Waals surface area (Å²) in [6.07, 6.45) is 33.2. The van der Waals surface area contributed by atoms with Crippen molar-refractivity contribution in [3.05, 3.63) is 24.3 Å². The van der Waals surface area contributed by atoms with Crippen molar-refractivity contribution in [2.24, 2.45) is 0 Å². The van der Waals surface area contributed by atoms with Crippen LogP contribution in [0.15, 0.2) is 24.3 Å². The largest absolute Gasteiger partial charge is 0.472 e. The highest BCUT2D eigenvalue weighted by molar-refractivity contribution is 7.47. The van der Waals surface area contributed by atoms with E-state index < -0.39 is 66.2 Å². The molecule has 0 aromatic heterocycles. The molecule has 340 valence electrons. The molecular weight excluding hydrogens is 790 g/mol. The number of carbonyl (C=O) groups is 2. The van der Waals surface area contributed by atoms with Crippen molar-refractivity contribution in [1.29, 1.82) is 0 Å². The summed E-state index contributed by atoms with van der Waals surface area (Å²) in [6.45, 7) is 1.70. The molecule has 0 spiro atoms. The standard InChI is InChI=1S/C42H78O14P2/c1-3-5-7-9-11-12-13-14-15-16-17-18-19-23-27-31-41(44)51-35-38(36-54-58(49,50)53-34-37(43)33-52-57(46,47)48)55-42(45)32-28-24-20-22-26-30-40-39(56-40)29-25-21-10-8-6-4-2/h12-13,21,25,37-40,43H,3-11,14-20,22-24,26-36H2,1-2H3,(H,49,50)(H2,46,47,48)/b13-12-,25-21-/t37-,38+,39?,40?/m0/s1. The Balaban J connectivity index is 2.36. The van der Waals surface area contributed by atoms with Gasteiger partial charge >= 0.3 is 27.6 Å². The molecule has 0 bridgehead atoms. The van der Waals surface area contributed by atoms with Crippen molar-refractivity contribution in [1.82, 2.24) is 0 Å². The summed E-state index contributed by atoms with van der Waals surface area (Å²) >= 11 is 0. The Morgan fingerprint density at radius 3 is 1.69 bits per heavy atom. The first-order chi connectivity index (χ1) is 27.8. The van der Waals surface area contributed by atoms with E-state index in [-0.39, 0.29) is 12.8 Å². The first-order valence-corrected chi connectivity index (χ1v) is 25.2. The molecule has 3 unspecified atom stereocenters. The third kappa shape index (κ3) is 35.3. The normalized spacial score (nSPS) is 17.8. The second-order valence-corrected chi connectivity index (χ2v) is 18.0. The number of phosphoric ester groups is 2. The number of aliphatic hydroxyl groups excluding tert-OH is 1. The molecule has 5 atom stereocenters. The molecule has 1 heterocycles. The van der Waals surface area contributed by atoms with Gasteiger partial charge in [0.25, 0.3) is 0 Å². The van der Waals surface area contributed by atoms with Gasteiger partial charge in [-0.1, -0.05) is 128 Å². The molecule has 0 aromatic rings. The molecule has 1 aliphatic heterocycles. The van der Waals surface area contributed by atoms with E-state index in [4.69, 9.17) is 28.5 Å². The highest BCUT2D eigenvalue weighted by atomic mass is 31.2. The van der Waals surface area contributed by atoms with Crippen molar-refractivity contribution in [2.45, 2.75) is 205 Å². The summed E-state index contributed by atoms with van der Waals surface area (Å²) in [5.41, 5.74) is 0. The number of hydrogen-bond donors (Lipinski definition) is 4. The first-order valence-electron chi connectivity index (χ1n) is 22.2. The number of unbranched alkanes of at least 4 members (excludes halogenated alkanes) is 18. The number of aliphatic hydroxyl groups is 1. The highest BCUT2D eigenvalue weighted by Crippen LogP contribution is 2.44. The Kier molecular flexibility index (Phi) is 33.1. The Morgan fingerprint density at radius 2 is 1.07 bits per heavy atom. The molecule has 0 radical (unpaired) electrons. The summed E-state index contributed by atoms with van der Waals surface area (Å²) < 4.78 is 53.6. The average Bonchev–Trinajstić information content (AvgIpc) is 3.94. The predicted molar refractivity (Wildman–Crippen MR) is 225 cm³/mol. The topological polar surface area (TPSA) is 208 Å². The van der Waals surface area contributed by atoms with Gasteiger partial charge in [-0.05, 0) is 64.2 Å². The maximum Gasteiger partial charge on any atom is 0.472 e. The lowest BCUT2D eigenvalue weighted by Crippen LogP contribution is -2.30. The summed E-state index contributed by atoms with van der Waals surface area (Å²) in [5.74, 6) is -1.06. The van der Waals surface area contributed by atoms with Crippen LogP contribution in [0.3, 0.4) is 0 Å². The number of esters is 2. The molecule has 0 aromatic carbocycles. The van der Waals surface area contributed by atoms with Crippen molar-refractivity contribution >= 4 is 27.6 Å². The van der Waals surface area contributed by atoms with Gasteiger partial charge < -0.3 is 34.0 Å². The fourth-order valence-corrected chi connectivity index (χ4v) is 7.39. The van der Waals surface area contributed by atoms with E-state index in [1.807, 2.05) is 0 Å². The van der Waals surface area contributed by atoms with E-state index in [0.29, 0.717) is 25.0 Å². The first kappa shape index (κ1) is 54.6. The number of epoxide rings is 1. The van der Waals surface area contributed by atoms with Crippen molar-refractivity contribution in [3.63, 3.8) is 0 Å². The maximum atomic E-state index is 12.7. The average molecular weight is 869 g/mol. The Bertz CT molecular complexity index is 1190. The van der Waals surface area contributed by atoms with Gasteiger partial charge in [0.1, 0.15) is 12.7 Å². The van der Waals surface area contributed by atoms with Crippen molar-refractivity contribution < 1.29 is 66.3 Å². The third-order valence-corrected chi connectivity index (χ3v) is 11.2. The second-order valence-electron chi connectivity index (χ2n) is 15.4. The van der Waals surface area contributed by atoms with Crippen molar-refractivity contribution in [2.75, 3.05) is 26.4 Å². The summed E-state index contributed by atoms with van der Waals surface area (Å²) in [4.78, 5) is 52.7. The van der Waals surface area contributed by atoms with E-state index >= 15 is 0 Å². The van der Waals surface area contributed by atoms with Crippen LogP contribution in [0.2, 0.25) is 0 Å². The van der Waals surface area contributed by atoms with Crippen LogP contribution < -0.4 is 0 Å². The zero-order chi connectivity index (χ0) is 42.7. The monoisotopic (exact) mass is 868 g/mol. The predicted octanol–water partition coefficient (Wildman–Crippen LogP) is 10.1. The van der Waals surface area contributed by atoms with Gasteiger partial charge in [-0.15, -0.1) is 0 Å². The van der Waals surface area contributed by atoms with Gasteiger partial charge in [-0.3, -0.25) is 23.2 Å². The maximum absolute atomic E-state index is 12.7. The van der Waals surface area contributed by atoms with Gasteiger partial charge in [0.15, 0.2) is 6.10 Å². The molecule has 1 fully saturated rings. The lowest BCUT2D eigenvalue weighted by atomic mass is 10.1. The fourth-order valence-electron chi connectivity index (χ4n) is 6.23. The molecular formula is C42H78O14P2. The van der Waals surface area contributed by atoms with Crippen LogP contribution in [0.25, 0.3) is 0 Å². The minimum atomic E-state index is -4.87. The Labute approximate surface area is 349 Å². The summed E-state index contributed by atoms with van der Waals surface area (Å²) in [6, 6.07) is 0. The summed E-state index contributed by atoms with van der Waals surface area (Å²) in [7, 11) is -9.68. The van der Waals surface area contributed by atoms with Crippen LogP contribution in [0.4, 0.5) is 0 Å². The number of carbonyl (C=O) groups excluding carboxylic acids is 2. The minimum absolute atomic E-state index is 0.109. The quantitative estimate of drug-likeness (QED) is 0.0148. The second kappa shape index (κ2) is 35.2.